The van der Waals surface area contributed by atoms with E-state index in [0.29, 0.717) is 25.4 Å². The number of nitrogen functional groups attached to an aromatic ring is 1. The molecule has 4 N–H and O–H groups in total. The summed E-state index contributed by atoms with van der Waals surface area (Å²) in [6.45, 7) is 8.52. The van der Waals surface area contributed by atoms with Gasteiger partial charge in [-0.3, -0.25) is 0 Å². The summed E-state index contributed by atoms with van der Waals surface area (Å²) >= 11 is 0. The van der Waals surface area contributed by atoms with Crippen molar-refractivity contribution in [2.75, 3.05) is 30.7 Å². The van der Waals surface area contributed by atoms with Crippen molar-refractivity contribution >= 4 is 17.5 Å². The number of benzene rings is 1. The van der Waals surface area contributed by atoms with E-state index in [4.69, 9.17) is 15.2 Å². The standard InChI is InChI=1S/C16H26FN3O3/c1-5-8-22-14-10-13(12(18)9-11(14)17)19-6-7-20-15(21)23-16(2,3)4/h9-10,19H,5-8,18H2,1-4H3,(H,20,21). The van der Waals surface area contributed by atoms with Gasteiger partial charge >= 0.3 is 6.09 Å². The van der Waals surface area contributed by atoms with Crippen molar-refractivity contribution in [3.05, 3.63) is 17.9 Å². The van der Waals surface area contributed by atoms with Crippen LogP contribution in [-0.2, 0) is 4.74 Å². The first-order valence-corrected chi connectivity index (χ1v) is 7.65. The van der Waals surface area contributed by atoms with Crippen LogP contribution in [-0.4, -0.2) is 31.4 Å². The van der Waals surface area contributed by atoms with Gasteiger partial charge in [-0.2, -0.15) is 0 Å². The topological polar surface area (TPSA) is 85.6 Å². The Balaban J connectivity index is 2.49. The second kappa shape index (κ2) is 8.45. The van der Waals surface area contributed by atoms with Gasteiger partial charge in [0.2, 0.25) is 0 Å². The van der Waals surface area contributed by atoms with Gasteiger partial charge in [-0.1, -0.05) is 6.92 Å². The van der Waals surface area contributed by atoms with E-state index in [2.05, 4.69) is 10.6 Å². The average molecular weight is 327 g/mol. The largest absolute Gasteiger partial charge is 0.490 e. The lowest BCUT2D eigenvalue weighted by atomic mass is 10.2. The third-order valence-corrected chi connectivity index (χ3v) is 2.67. The maximum absolute atomic E-state index is 13.7. The van der Waals surface area contributed by atoms with Crippen LogP contribution in [0.1, 0.15) is 34.1 Å². The Bertz CT molecular complexity index is 530. The van der Waals surface area contributed by atoms with E-state index in [0.717, 1.165) is 6.42 Å². The molecule has 0 unspecified atom stereocenters. The number of rotatable bonds is 7. The van der Waals surface area contributed by atoms with Crippen molar-refractivity contribution in [3.8, 4) is 5.75 Å². The number of anilines is 2. The van der Waals surface area contributed by atoms with E-state index in [9.17, 15) is 9.18 Å². The number of hydrogen-bond acceptors (Lipinski definition) is 5. The number of hydrogen-bond donors (Lipinski definition) is 3. The molecule has 1 aromatic rings. The monoisotopic (exact) mass is 327 g/mol. The summed E-state index contributed by atoms with van der Waals surface area (Å²) in [5.74, 6) is -0.336. The Morgan fingerprint density at radius 2 is 2.00 bits per heavy atom. The number of amides is 1. The smallest absolute Gasteiger partial charge is 0.407 e. The van der Waals surface area contributed by atoms with Crippen molar-refractivity contribution < 1.29 is 18.7 Å². The molecule has 1 aromatic carbocycles. The average Bonchev–Trinajstić information content (AvgIpc) is 2.42. The molecule has 0 fully saturated rings. The summed E-state index contributed by atoms with van der Waals surface area (Å²) in [7, 11) is 0. The number of carbonyl (C=O) groups excluding carboxylic acids is 1. The first-order chi connectivity index (χ1) is 10.7. The van der Waals surface area contributed by atoms with Crippen LogP contribution in [0.2, 0.25) is 0 Å². The second-order valence-electron chi connectivity index (χ2n) is 6.07. The first kappa shape index (κ1) is 18.9. The SMILES string of the molecule is CCCOc1cc(NCCNC(=O)OC(C)(C)C)c(N)cc1F. The van der Waals surface area contributed by atoms with E-state index >= 15 is 0 Å². The van der Waals surface area contributed by atoms with E-state index in [1.54, 1.807) is 20.8 Å². The van der Waals surface area contributed by atoms with E-state index in [1.807, 2.05) is 6.92 Å². The van der Waals surface area contributed by atoms with Crippen LogP contribution in [0.4, 0.5) is 20.6 Å². The van der Waals surface area contributed by atoms with Crippen molar-refractivity contribution in [1.29, 1.82) is 0 Å². The minimum atomic E-state index is -0.537. The number of carbonyl (C=O) groups is 1. The summed E-state index contributed by atoms with van der Waals surface area (Å²) in [4.78, 5) is 11.5. The second-order valence-corrected chi connectivity index (χ2v) is 6.07. The fourth-order valence-corrected chi connectivity index (χ4v) is 1.72. The zero-order valence-electron chi connectivity index (χ0n) is 14.2. The van der Waals surface area contributed by atoms with Crippen LogP contribution < -0.4 is 21.1 Å². The Hall–Kier alpha value is -2.18. The van der Waals surface area contributed by atoms with Gasteiger partial charge in [0.1, 0.15) is 5.60 Å². The zero-order valence-corrected chi connectivity index (χ0v) is 14.2. The molecule has 0 saturated heterocycles. The molecular weight excluding hydrogens is 301 g/mol. The fraction of sp³-hybridized carbons (Fsp3) is 0.562. The molecule has 0 spiro atoms. The number of ether oxygens (including phenoxy) is 2. The molecule has 0 saturated carbocycles. The van der Waals surface area contributed by atoms with Gasteiger partial charge in [0, 0.05) is 25.2 Å². The van der Waals surface area contributed by atoms with Gasteiger partial charge in [-0.05, 0) is 27.2 Å². The summed E-state index contributed by atoms with van der Waals surface area (Å²) in [6.07, 6.45) is 0.296. The van der Waals surface area contributed by atoms with Crippen LogP contribution in [0.25, 0.3) is 0 Å². The van der Waals surface area contributed by atoms with Crippen molar-refractivity contribution in [3.63, 3.8) is 0 Å². The Labute approximate surface area is 136 Å². The number of nitrogens with two attached hydrogens (primary N) is 1. The van der Waals surface area contributed by atoms with Crippen LogP contribution >= 0.6 is 0 Å². The minimum absolute atomic E-state index is 0.156. The molecule has 0 aromatic heterocycles. The molecular formula is C16H26FN3O3. The Kier molecular flexibility index (Phi) is 6.93. The van der Waals surface area contributed by atoms with Gasteiger partial charge in [0.15, 0.2) is 11.6 Å². The lowest BCUT2D eigenvalue weighted by molar-refractivity contribution is 0.0530. The highest BCUT2D eigenvalue weighted by Gasteiger charge is 2.15. The third-order valence-electron chi connectivity index (χ3n) is 2.67. The summed E-state index contributed by atoms with van der Waals surface area (Å²) in [5.41, 5.74) is 6.08. The summed E-state index contributed by atoms with van der Waals surface area (Å²) in [5, 5.41) is 5.65. The fourth-order valence-electron chi connectivity index (χ4n) is 1.72. The van der Waals surface area contributed by atoms with Gasteiger partial charge in [-0.25, -0.2) is 9.18 Å². The summed E-state index contributed by atoms with van der Waals surface area (Å²) in [6, 6.07) is 2.74. The molecule has 0 aliphatic rings. The molecule has 0 radical (unpaired) electrons. The molecule has 1 rings (SSSR count). The maximum Gasteiger partial charge on any atom is 0.407 e. The normalized spacial score (nSPS) is 11.0. The number of nitrogens with one attached hydrogen (secondary N) is 2. The van der Waals surface area contributed by atoms with Crippen LogP contribution in [0.15, 0.2) is 12.1 Å². The molecule has 0 atom stereocenters. The van der Waals surface area contributed by atoms with Crippen LogP contribution in [0, 0.1) is 5.82 Å². The molecule has 0 aliphatic carbocycles. The highest BCUT2D eigenvalue weighted by atomic mass is 19.1. The van der Waals surface area contributed by atoms with Gasteiger partial charge in [0.25, 0.3) is 0 Å². The molecule has 7 heteroatoms. The number of alkyl carbamates (subject to hydrolysis) is 1. The Morgan fingerprint density at radius 1 is 1.30 bits per heavy atom. The number of halogens is 1. The van der Waals surface area contributed by atoms with Gasteiger partial charge in [0.05, 0.1) is 18.0 Å². The highest BCUT2D eigenvalue weighted by molar-refractivity contribution is 5.69. The molecule has 0 aliphatic heterocycles. The van der Waals surface area contributed by atoms with Gasteiger partial charge in [-0.15, -0.1) is 0 Å². The first-order valence-electron chi connectivity index (χ1n) is 7.65. The van der Waals surface area contributed by atoms with Crippen LogP contribution in [0.5, 0.6) is 5.75 Å². The van der Waals surface area contributed by atoms with Crippen LogP contribution in [0.3, 0.4) is 0 Å². The molecule has 0 bridgehead atoms. The zero-order chi connectivity index (χ0) is 17.5. The third kappa shape index (κ3) is 7.08. The van der Waals surface area contributed by atoms with Crippen molar-refractivity contribution in [2.24, 2.45) is 0 Å². The lowest BCUT2D eigenvalue weighted by Crippen LogP contribution is -2.35. The molecule has 6 nitrogen and oxygen atoms in total. The molecule has 23 heavy (non-hydrogen) atoms. The van der Waals surface area contributed by atoms with E-state index in [1.165, 1.54) is 12.1 Å². The molecule has 1 amide bonds. The lowest BCUT2D eigenvalue weighted by Gasteiger charge is -2.20. The van der Waals surface area contributed by atoms with Crippen molar-refractivity contribution in [1.82, 2.24) is 5.32 Å². The predicted molar refractivity (Wildman–Crippen MR) is 89.3 cm³/mol. The molecule has 0 heterocycles. The minimum Gasteiger partial charge on any atom is -0.490 e. The van der Waals surface area contributed by atoms with E-state index in [-0.39, 0.29) is 11.4 Å². The Morgan fingerprint density at radius 3 is 2.61 bits per heavy atom. The predicted octanol–water partition coefficient (Wildman–Crippen LogP) is 3.13. The molecule has 130 valence electrons. The quantitative estimate of drug-likeness (QED) is 0.529. The van der Waals surface area contributed by atoms with Gasteiger partial charge < -0.3 is 25.8 Å². The maximum atomic E-state index is 13.7. The highest BCUT2D eigenvalue weighted by Crippen LogP contribution is 2.28. The van der Waals surface area contributed by atoms with Crippen molar-refractivity contribution in [2.45, 2.75) is 39.7 Å². The van der Waals surface area contributed by atoms with E-state index < -0.39 is 17.5 Å². The summed E-state index contributed by atoms with van der Waals surface area (Å²) < 4.78 is 24.1.